The molecule has 3 nitrogen and oxygen atoms in total. The van der Waals surface area contributed by atoms with Gasteiger partial charge in [0.2, 0.25) is 0 Å². The van der Waals surface area contributed by atoms with Gasteiger partial charge in [0.15, 0.2) is 0 Å². The summed E-state index contributed by atoms with van der Waals surface area (Å²) in [6.45, 7) is 2.87. The quantitative estimate of drug-likeness (QED) is 0.810. The topological polar surface area (TPSA) is 55.1 Å². The van der Waals surface area contributed by atoms with E-state index in [4.69, 9.17) is 17.3 Å². The van der Waals surface area contributed by atoms with E-state index in [-0.39, 0.29) is 5.91 Å². The Morgan fingerprint density at radius 3 is 2.94 bits per heavy atom. The number of benzene rings is 1. The number of anilines is 1. The average Bonchev–Trinajstić information content (AvgIpc) is 3.13. The van der Waals surface area contributed by atoms with Crippen molar-refractivity contribution in [3.63, 3.8) is 0 Å². The van der Waals surface area contributed by atoms with Gasteiger partial charge < -0.3 is 11.1 Å². The van der Waals surface area contributed by atoms with Crippen LogP contribution in [0.5, 0.6) is 0 Å². The predicted molar refractivity (Wildman–Crippen MR) is 70.1 cm³/mol. The molecule has 1 atom stereocenters. The summed E-state index contributed by atoms with van der Waals surface area (Å²) in [4.78, 5) is 11.9. The molecule has 0 aromatic heterocycles. The largest absolute Gasteiger partial charge is 0.397 e. The molecular formula is C13H17ClN2O. The molecule has 0 spiro atoms. The van der Waals surface area contributed by atoms with E-state index < -0.39 is 0 Å². The van der Waals surface area contributed by atoms with Gasteiger partial charge in [0.05, 0.1) is 16.3 Å². The second-order valence-corrected chi connectivity index (χ2v) is 5.13. The van der Waals surface area contributed by atoms with Gasteiger partial charge in [-0.25, -0.2) is 0 Å². The van der Waals surface area contributed by atoms with Gasteiger partial charge in [0.1, 0.15) is 0 Å². The molecule has 0 heterocycles. The Labute approximate surface area is 106 Å². The van der Waals surface area contributed by atoms with Crippen molar-refractivity contribution in [3.05, 3.63) is 28.8 Å². The van der Waals surface area contributed by atoms with Crippen LogP contribution in [0.15, 0.2) is 18.2 Å². The van der Waals surface area contributed by atoms with Crippen LogP contribution >= 0.6 is 11.6 Å². The maximum Gasteiger partial charge on any atom is 0.253 e. The first kappa shape index (κ1) is 12.2. The fraction of sp³-hybridized carbons (Fsp3) is 0.462. The summed E-state index contributed by atoms with van der Waals surface area (Å²) in [5.74, 6) is 1.18. The van der Waals surface area contributed by atoms with Gasteiger partial charge in [0, 0.05) is 6.54 Å². The molecule has 1 unspecified atom stereocenters. The highest BCUT2D eigenvalue weighted by Crippen LogP contribution is 2.36. The van der Waals surface area contributed by atoms with E-state index in [2.05, 4.69) is 12.2 Å². The van der Waals surface area contributed by atoms with E-state index in [9.17, 15) is 4.79 Å². The minimum atomic E-state index is -0.141. The Morgan fingerprint density at radius 2 is 2.29 bits per heavy atom. The van der Waals surface area contributed by atoms with Gasteiger partial charge in [-0.3, -0.25) is 4.79 Å². The number of rotatable bonds is 4. The molecule has 2 rings (SSSR count). The fourth-order valence-electron chi connectivity index (χ4n) is 1.92. The SMILES string of the molecule is CC(CNC(=O)c1cccc(Cl)c1N)C1CC1. The first-order valence-electron chi connectivity index (χ1n) is 5.91. The van der Waals surface area contributed by atoms with Gasteiger partial charge in [-0.1, -0.05) is 24.6 Å². The summed E-state index contributed by atoms with van der Waals surface area (Å²) in [5.41, 5.74) is 6.58. The van der Waals surface area contributed by atoms with Crippen LogP contribution in [0.25, 0.3) is 0 Å². The van der Waals surface area contributed by atoms with E-state index >= 15 is 0 Å². The Bertz CT molecular complexity index is 429. The summed E-state index contributed by atoms with van der Waals surface area (Å²) >= 11 is 5.88. The first-order chi connectivity index (χ1) is 8.09. The van der Waals surface area contributed by atoms with Crippen molar-refractivity contribution in [1.82, 2.24) is 5.32 Å². The van der Waals surface area contributed by atoms with E-state index in [1.165, 1.54) is 12.8 Å². The average molecular weight is 253 g/mol. The molecule has 1 aromatic rings. The van der Waals surface area contributed by atoms with Crippen molar-refractivity contribution in [2.45, 2.75) is 19.8 Å². The summed E-state index contributed by atoms with van der Waals surface area (Å²) in [6.07, 6.45) is 2.58. The summed E-state index contributed by atoms with van der Waals surface area (Å²) in [7, 11) is 0. The summed E-state index contributed by atoms with van der Waals surface area (Å²) in [6, 6.07) is 5.11. The Morgan fingerprint density at radius 1 is 1.59 bits per heavy atom. The van der Waals surface area contributed by atoms with Gasteiger partial charge in [-0.2, -0.15) is 0 Å². The van der Waals surface area contributed by atoms with Crippen molar-refractivity contribution in [2.75, 3.05) is 12.3 Å². The predicted octanol–water partition coefficient (Wildman–Crippen LogP) is 2.70. The second-order valence-electron chi connectivity index (χ2n) is 4.73. The fourth-order valence-corrected chi connectivity index (χ4v) is 2.09. The Kier molecular flexibility index (Phi) is 3.57. The molecule has 1 aromatic carbocycles. The van der Waals surface area contributed by atoms with Crippen molar-refractivity contribution in [1.29, 1.82) is 0 Å². The molecule has 0 aliphatic heterocycles. The van der Waals surface area contributed by atoms with Crippen LogP contribution in [-0.2, 0) is 0 Å². The van der Waals surface area contributed by atoms with Crippen LogP contribution in [0.4, 0.5) is 5.69 Å². The molecule has 0 bridgehead atoms. The van der Waals surface area contributed by atoms with E-state index in [0.29, 0.717) is 28.7 Å². The van der Waals surface area contributed by atoms with Gasteiger partial charge in [0.25, 0.3) is 5.91 Å². The highest BCUT2D eigenvalue weighted by molar-refractivity contribution is 6.33. The highest BCUT2D eigenvalue weighted by Gasteiger charge is 2.28. The molecule has 1 aliphatic rings. The minimum Gasteiger partial charge on any atom is -0.397 e. The van der Waals surface area contributed by atoms with Gasteiger partial charge in [-0.05, 0) is 36.8 Å². The first-order valence-corrected chi connectivity index (χ1v) is 6.29. The van der Waals surface area contributed by atoms with E-state index in [1.54, 1.807) is 18.2 Å². The third-order valence-electron chi connectivity index (χ3n) is 3.31. The van der Waals surface area contributed by atoms with Crippen LogP contribution in [0.1, 0.15) is 30.1 Å². The second kappa shape index (κ2) is 4.96. The molecule has 1 aliphatic carbocycles. The molecule has 17 heavy (non-hydrogen) atoms. The molecular weight excluding hydrogens is 236 g/mol. The van der Waals surface area contributed by atoms with E-state index in [1.807, 2.05) is 0 Å². The Balaban J connectivity index is 1.96. The molecule has 1 saturated carbocycles. The summed E-state index contributed by atoms with van der Waals surface area (Å²) in [5, 5.41) is 3.33. The zero-order valence-electron chi connectivity index (χ0n) is 9.87. The lowest BCUT2D eigenvalue weighted by atomic mass is 10.1. The third kappa shape index (κ3) is 2.91. The number of nitrogen functional groups attached to an aromatic ring is 1. The lowest BCUT2D eigenvalue weighted by Gasteiger charge is -2.12. The van der Waals surface area contributed by atoms with Crippen LogP contribution in [0, 0.1) is 11.8 Å². The third-order valence-corrected chi connectivity index (χ3v) is 3.64. The van der Waals surface area contributed by atoms with Crippen molar-refractivity contribution < 1.29 is 4.79 Å². The van der Waals surface area contributed by atoms with Crippen molar-refractivity contribution >= 4 is 23.2 Å². The smallest absolute Gasteiger partial charge is 0.253 e. The molecule has 4 heteroatoms. The standard InChI is InChI=1S/C13H17ClN2O/c1-8(9-5-6-9)7-16-13(17)10-3-2-4-11(14)12(10)15/h2-4,8-9H,5-7,15H2,1H3,(H,16,17). The lowest BCUT2D eigenvalue weighted by molar-refractivity contribution is 0.0947. The molecule has 0 radical (unpaired) electrons. The molecule has 0 saturated heterocycles. The number of amides is 1. The molecule has 3 N–H and O–H groups in total. The van der Waals surface area contributed by atoms with Crippen LogP contribution in [-0.4, -0.2) is 12.5 Å². The van der Waals surface area contributed by atoms with Crippen LogP contribution in [0.2, 0.25) is 5.02 Å². The maximum atomic E-state index is 11.9. The lowest BCUT2D eigenvalue weighted by Crippen LogP contribution is -2.29. The molecule has 1 amide bonds. The van der Waals surface area contributed by atoms with Gasteiger partial charge in [-0.15, -0.1) is 0 Å². The molecule has 92 valence electrons. The highest BCUT2D eigenvalue weighted by atomic mass is 35.5. The monoisotopic (exact) mass is 252 g/mol. The van der Waals surface area contributed by atoms with Crippen molar-refractivity contribution in [3.8, 4) is 0 Å². The number of halogens is 1. The van der Waals surface area contributed by atoms with Crippen molar-refractivity contribution in [2.24, 2.45) is 11.8 Å². The number of carbonyl (C=O) groups is 1. The molecule has 1 fully saturated rings. The number of carbonyl (C=O) groups excluding carboxylic acids is 1. The normalized spacial score (nSPS) is 16.6. The number of nitrogens with two attached hydrogens (primary N) is 1. The van der Waals surface area contributed by atoms with E-state index in [0.717, 1.165) is 5.92 Å². The zero-order valence-corrected chi connectivity index (χ0v) is 10.6. The summed E-state index contributed by atoms with van der Waals surface area (Å²) < 4.78 is 0. The number of nitrogens with one attached hydrogen (secondary N) is 1. The van der Waals surface area contributed by atoms with Crippen LogP contribution < -0.4 is 11.1 Å². The minimum absolute atomic E-state index is 0.141. The number of hydrogen-bond donors (Lipinski definition) is 2. The number of para-hydroxylation sites is 1. The Hall–Kier alpha value is -1.22. The van der Waals surface area contributed by atoms with Crippen LogP contribution in [0.3, 0.4) is 0 Å². The zero-order chi connectivity index (χ0) is 12.4. The van der Waals surface area contributed by atoms with Gasteiger partial charge >= 0.3 is 0 Å². The maximum absolute atomic E-state index is 11.9. The number of hydrogen-bond acceptors (Lipinski definition) is 2.